The highest BCUT2D eigenvalue weighted by atomic mass is 32.1. The van der Waals surface area contributed by atoms with Crippen molar-refractivity contribution in [3.63, 3.8) is 0 Å². The quantitative estimate of drug-likeness (QED) is 0.798. The molecule has 3 heterocycles. The maximum absolute atomic E-state index is 11.9. The van der Waals surface area contributed by atoms with Crippen LogP contribution in [0.4, 0.5) is 5.82 Å². The van der Waals surface area contributed by atoms with E-state index in [9.17, 15) is 4.79 Å². The Morgan fingerprint density at radius 1 is 1.38 bits per heavy atom. The standard InChI is InChI=1S/C14H15N5OS/c1-3-15-13-10-4-5-21-14(10)18-11(17-13)8-19-12(20)6-9(2)7-16-19/h4-7H,3,8H2,1-2H3,(H,15,17,18). The average molecular weight is 301 g/mol. The molecule has 0 saturated heterocycles. The van der Waals surface area contributed by atoms with Gasteiger partial charge in [0.2, 0.25) is 0 Å². The zero-order valence-electron chi connectivity index (χ0n) is 11.8. The summed E-state index contributed by atoms with van der Waals surface area (Å²) in [4.78, 5) is 21.8. The third kappa shape index (κ3) is 2.78. The highest BCUT2D eigenvalue weighted by Gasteiger charge is 2.09. The molecule has 0 atom stereocenters. The number of hydrogen-bond donors (Lipinski definition) is 1. The Labute approximate surface area is 125 Å². The van der Waals surface area contributed by atoms with Crippen molar-refractivity contribution in [1.29, 1.82) is 0 Å². The van der Waals surface area contributed by atoms with Crippen LogP contribution in [0, 0.1) is 6.92 Å². The Bertz CT molecular complexity index is 839. The number of rotatable bonds is 4. The minimum Gasteiger partial charge on any atom is -0.370 e. The molecule has 0 aliphatic rings. The largest absolute Gasteiger partial charge is 0.370 e. The van der Waals surface area contributed by atoms with E-state index < -0.39 is 0 Å². The zero-order valence-corrected chi connectivity index (χ0v) is 12.6. The molecule has 21 heavy (non-hydrogen) atoms. The number of thiophene rings is 1. The Morgan fingerprint density at radius 2 is 2.24 bits per heavy atom. The molecule has 0 aromatic carbocycles. The number of fused-ring (bicyclic) bond motifs is 1. The summed E-state index contributed by atoms with van der Waals surface area (Å²) in [6.07, 6.45) is 1.66. The van der Waals surface area contributed by atoms with Crippen LogP contribution in [-0.2, 0) is 6.54 Å². The van der Waals surface area contributed by atoms with Crippen LogP contribution in [0.5, 0.6) is 0 Å². The van der Waals surface area contributed by atoms with Crippen LogP contribution in [0.15, 0.2) is 28.5 Å². The van der Waals surface area contributed by atoms with Gasteiger partial charge in [-0.15, -0.1) is 11.3 Å². The second-order valence-corrected chi connectivity index (χ2v) is 5.58. The van der Waals surface area contributed by atoms with Crippen LogP contribution in [0.3, 0.4) is 0 Å². The number of hydrogen-bond acceptors (Lipinski definition) is 6. The Hall–Kier alpha value is -2.28. The lowest BCUT2D eigenvalue weighted by atomic mass is 10.3. The van der Waals surface area contributed by atoms with Gasteiger partial charge >= 0.3 is 0 Å². The summed E-state index contributed by atoms with van der Waals surface area (Å²) < 4.78 is 1.37. The van der Waals surface area contributed by atoms with Gasteiger partial charge in [-0.3, -0.25) is 4.79 Å². The molecule has 0 spiro atoms. The first-order valence-corrected chi connectivity index (χ1v) is 7.57. The Balaban J connectivity index is 2.02. The van der Waals surface area contributed by atoms with Gasteiger partial charge in [0.1, 0.15) is 17.2 Å². The normalized spacial score (nSPS) is 11.0. The summed E-state index contributed by atoms with van der Waals surface area (Å²) >= 11 is 1.56. The molecule has 3 aromatic heterocycles. The predicted molar refractivity (Wildman–Crippen MR) is 83.9 cm³/mol. The van der Waals surface area contributed by atoms with Gasteiger partial charge in [0, 0.05) is 12.6 Å². The Kier molecular flexibility index (Phi) is 3.66. The summed E-state index contributed by atoms with van der Waals surface area (Å²) in [5, 5.41) is 10.4. The van der Waals surface area contributed by atoms with E-state index in [1.54, 1.807) is 23.6 Å². The maximum atomic E-state index is 11.9. The van der Waals surface area contributed by atoms with Gasteiger partial charge in [-0.1, -0.05) is 0 Å². The fourth-order valence-electron chi connectivity index (χ4n) is 2.05. The lowest BCUT2D eigenvalue weighted by Crippen LogP contribution is -2.23. The average Bonchev–Trinajstić information content (AvgIpc) is 2.91. The number of aromatic nitrogens is 4. The van der Waals surface area contributed by atoms with Crippen LogP contribution in [0.1, 0.15) is 18.3 Å². The third-order valence-electron chi connectivity index (χ3n) is 3.01. The monoisotopic (exact) mass is 301 g/mol. The molecule has 108 valence electrons. The predicted octanol–water partition coefficient (Wildman–Crippen LogP) is 2.04. The zero-order chi connectivity index (χ0) is 14.8. The SMILES string of the molecule is CCNc1nc(Cn2ncc(C)cc2=O)nc2sccc12. The number of nitrogens with one attached hydrogen (secondary N) is 1. The van der Waals surface area contributed by atoms with E-state index in [0.29, 0.717) is 5.82 Å². The fourth-order valence-corrected chi connectivity index (χ4v) is 2.83. The lowest BCUT2D eigenvalue weighted by Gasteiger charge is -2.08. The number of nitrogens with zero attached hydrogens (tertiary/aromatic N) is 4. The molecule has 0 radical (unpaired) electrons. The second kappa shape index (κ2) is 5.61. The molecule has 3 aromatic rings. The van der Waals surface area contributed by atoms with Crippen molar-refractivity contribution < 1.29 is 0 Å². The molecule has 0 unspecified atom stereocenters. The third-order valence-corrected chi connectivity index (χ3v) is 3.82. The smallest absolute Gasteiger partial charge is 0.267 e. The second-order valence-electron chi connectivity index (χ2n) is 4.69. The minimum absolute atomic E-state index is 0.144. The molecule has 6 nitrogen and oxygen atoms in total. The van der Waals surface area contributed by atoms with Gasteiger partial charge in [-0.25, -0.2) is 14.6 Å². The van der Waals surface area contributed by atoms with Crippen LogP contribution >= 0.6 is 11.3 Å². The topological polar surface area (TPSA) is 72.7 Å². The molecule has 0 saturated carbocycles. The van der Waals surface area contributed by atoms with E-state index in [-0.39, 0.29) is 12.1 Å². The number of aryl methyl sites for hydroxylation is 1. The van der Waals surface area contributed by atoms with Crippen LogP contribution in [0.2, 0.25) is 0 Å². The van der Waals surface area contributed by atoms with Gasteiger partial charge in [-0.05, 0) is 30.9 Å². The van der Waals surface area contributed by atoms with E-state index in [2.05, 4.69) is 20.4 Å². The summed E-state index contributed by atoms with van der Waals surface area (Å²) in [5.74, 6) is 1.39. The van der Waals surface area contributed by atoms with Gasteiger partial charge in [0.05, 0.1) is 11.6 Å². The molecule has 7 heteroatoms. The molecule has 0 aliphatic heterocycles. The highest BCUT2D eigenvalue weighted by molar-refractivity contribution is 7.16. The first-order chi connectivity index (χ1) is 10.2. The first-order valence-electron chi connectivity index (χ1n) is 6.69. The van der Waals surface area contributed by atoms with Gasteiger partial charge in [0.25, 0.3) is 5.56 Å². The molecular formula is C14H15N5OS. The molecular weight excluding hydrogens is 286 g/mol. The van der Waals surface area contributed by atoms with E-state index in [1.807, 2.05) is 25.3 Å². The first kappa shape index (κ1) is 13.7. The van der Waals surface area contributed by atoms with Crippen molar-refractivity contribution >= 4 is 27.4 Å². The van der Waals surface area contributed by atoms with E-state index in [0.717, 1.165) is 28.1 Å². The van der Waals surface area contributed by atoms with E-state index in [1.165, 1.54) is 4.68 Å². The minimum atomic E-state index is -0.144. The van der Waals surface area contributed by atoms with Gasteiger partial charge in [-0.2, -0.15) is 5.10 Å². The summed E-state index contributed by atoms with van der Waals surface area (Å²) in [6.45, 7) is 4.91. The van der Waals surface area contributed by atoms with Crippen molar-refractivity contribution in [1.82, 2.24) is 19.7 Å². The van der Waals surface area contributed by atoms with Crippen LogP contribution in [0.25, 0.3) is 10.2 Å². The lowest BCUT2D eigenvalue weighted by molar-refractivity contribution is 0.614. The summed E-state index contributed by atoms with van der Waals surface area (Å²) in [5.41, 5.74) is 0.703. The summed E-state index contributed by atoms with van der Waals surface area (Å²) in [7, 11) is 0. The molecule has 0 amide bonds. The molecule has 3 rings (SSSR count). The van der Waals surface area contributed by atoms with Crippen molar-refractivity contribution in [3.8, 4) is 0 Å². The van der Waals surface area contributed by atoms with Crippen LogP contribution in [-0.4, -0.2) is 26.3 Å². The van der Waals surface area contributed by atoms with Gasteiger partial charge < -0.3 is 5.32 Å². The van der Waals surface area contributed by atoms with Gasteiger partial charge in [0.15, 0.2) is 5.82 Å². The Morgan fingerprint density at radius 3 is 3.00 bits per heavy atom. The molecule has 0 aliphatic carbocycles. The van der Waals surface area contributed by atoms with Crippen molar-refractivity contribution in [2.45, 2.75) is 20.4 Å². The number of anilines is 1. The van der Waals surface area contributed by atoms with Crippen molar-refractivity contribution in [2.24, 2.45) is 0 Å². The molecule has 1 N–H and O–H groups in total. The molecule has 0 fully saturated rings. The van der Waals surface area contributed by atoms with Crippen molar-refractivity contribution in [2.75, 3.05) is 11.9 Å². The molecule has 0 bridgehead atoms. The highest BCUT2D eigenvalue weighted by Crippen LogP contribution is 2.24. The van der Waals surface area contributed by atoms with E-state index >= 15 is 0 Å². The maximum Gasteiger partial charge on any atom is 0.267 e. The van der Waals surface area contributed by atoms with Crippen LogP contribution < -0.4 is 10.9 Å². The van der Waals surface area contributed by atoms with E-state index in [4.69, 9.17) is 0 Å². The summed E-state index contributed by atoms with van der Waals surface area (Å²) in [6, 6.07) is 3.56. The fraction of sp³-hybridized carbons (Fsp3) is 0.286. The van der Waals surface area contributed by atoms with Crippen molar-refractivity contribution in [3.05, 3.63) is 45.5 Å².